The molecule has 0 saturated carbocycles. The number of nitrogens with zero attached hydrogens (tertiary/aromatic N) is 2. The van der Waals surface area contributed by atoms with Crippen molar-refractivity contribution in [1.29, 1.82) is 0 Å². The van der Waals surface area contributed by atoms with E-state index in [0.29, 0.717) is 0 Å². The van der Waals surface area contributed by atoms with Crippen molar-refractivity contribution < 1.29 is 31.1 Å². The summed E-state index contributed by atoms with van der Waals surface area (Å²) >= 11 is 0.928. The van der Waals surface area contributed by atoms with Crippen molar-refractivity contribution in [3.63, 3.8) is 0 Å². The summed E-state index contributed by atoms with van der Waals surface area (Å²) in [5, 5.41) is 8.81. The Balaban J connectivity index is 1.78. The maximum atomic E-state index is 12.6. The summed E-state index contributed by atoms with van der Waals surface area (Å²) in [7, 11) is -5.53. The minimum absolute atomic E-state index is 0.0154. The Kier molecular flexibility index (Phi) is 6.42. The summed E-state index contributed by atoms with van der Waals surface area (Å²) in [4.78, 5) is 11.3. The van der Waals surface area contributed by atoms with Gasteiger partial charge in [-0.25, -0.2) is 21.6 Å². The molecule has 0 fully saturated rings. The summed E-state index contributed by atoms with van der Waals surface area (Å²) in [6.45, 7) is 0. The van der Waals surface area contributed by atoms with Crippen LogP contribution in [0.2, 0.25) is 0 Å². The van der Waals surface area contributed by atoms with Crippen LogP contribution in [0.15, 0.2) is 57.6 Å². The minimum atomic E-state index is -4.09. The summed E-state index contributed by atoms with van der Waals surface area (Å²) in [6, 6.07) is 9.07. The molecule has 2 heterocycles. The van der Waals surface area contributed by atoms with Crippen LogP contribution in [0.3, 0.4) is 0 Å². The number of benzene rings is 1. The van der Waals surface area contributed by atoms with E-state index in [4.69, 9.17) is 4.74 Å². The Morgan fingerprint density at radius 1 is 0.903 bits per heavy atom. The molecule has 0 unspecified atom stereocenters. The largest absolute Gasteiger partial charge is 0.480 e. The predicted molar refractivity (Wildman–Crippen MR) is 112 cm³/mol. The van der Waals surface area contributed by atoms with Crippen molar-refractivity contribution in [2.24, 2.45) is 0 Å². The highest BCUT2D eigenvalue weighted by Gasteiger charge is 2.25. The first-order valence-corrected chi connectivity index (χ1v) is 12.2. The lowest BCUT2D eigenvalue weighted by atomic mass is 10.3. The third-order valence-electron chi connectivity index (χ3n) is 3.79. The van der Waals surface area contributed by atoms with E-state index < -0.39 is 26.0 Å². The molecule has 164 valence electrons. The molecule has 0 radical (unpaired) electrons. The van der Waals surface area contributed by atoms with Crippen molar-refractivity contribution >= 4 is 48.9 Å². The van der Waals surface area contributed by atoms with Crippen LogP contribution in [-0.4, -0.2) is 47.2 Å². The molecule has 0 aliphatic rings. The number of thiophene rings is 1. The van der Waals surface area contributed by atoms with Gasteiger partial charge in [0.2, 0.25) is 5.88 Å². The van der Waals surface area contributed by atoms with Crippen molar-refractivity contribution in [1.82, 2.24) is 10.2 Å². The normalized spacial score (nSPS) is 11.5. The maximum Gasteiger partial charge on any atom is 0.349 e. The zero-order chi connectivity index (χ0) is 22.6. The van der Waals surface area contributed by atoms with Crippen LogP contribution in [0.4, 0.5) is 11.5 Å². The van der Waals surface area contributed by atoms with Gasteiger partial charge in [0.25, 0.3) is 20.0 Å². The van der Waals surface area contributed by atoms with Gasteiger partial charge < -0.3 is 9.47 Å². The molecule has 0 saturated heterocycles. The standard InChI is InChI=1S/C17H16N4O7S3/c1-27-15-8-7-14(18-19-15)21-30(23,24)12-5-3-11(4-6-12)20-31(25,26)13-9-10-29-16(13)17(22)28-2/h3-10,20H,1-2H3,(H,18,21). The van der Waals surface area contributed by atoms with Crippen LogP contribution in [-0.2, 0) is 24.8 Å². The molecule has 0 aliphatic heterocycles. The second-order valence-electron chi connectivity index (χ2n) is 5.80. The lowest BCUT2D eigenvalue weighted by Crippen LogP contribution is -2.16. The van der Waals surface area contributed by atoms with Crippen LogP contribution in [0.1, 0.15) is 9.67 Å². The van der Waals surface area contributed by atoms with Gasteiger partial charge in [0, 0.05) is 11.8 Å². The topological polar surface area (TPSA) is 154 Å². The van der Waals surface area contributed by atoms with E-state index in [0.717, 1.165) is 18.4 Å². The molecule has 11 nitrogen and oxygen atoms in total. The van der Waals surface area contributed by atoms with Gasteiger partial charge in [0.1, 0.15) is 9.77 Å². The molecule has 0 bridgehead atoms. The first kappa shape index (κ1) is 22.5. The molecular weight excluding hydrogens is 468 g/mol. The minimum Gasteiger partial charge on any atom is -0.480 e. The molecule has 0 aliphatic carbocycles. The molecule has 0 atom stereocenters. The number of anilines is 2. The van der Waals surface area contributed by atoms with Crippen molar-refractivity contribution in [2.45, 2.75) is 9.79 Å². The summed E-state index contributed by atoms with van der Waals surface area (Å²) in [6.07, 6.45) is 0. The molecular formula is C17H16N4O7S3. The number of carbonyl (C=O) groups is 1. The number of aromatic nitrogens is 2. The number of ether oxygens (including phenoxy) is 2. The molecule has 3 rings (SSSR count). The second-order valence-corrected chi connectivity index (χ2v) is 10.1. The Hall–Kier alpha value is -3.23. The van der Waals surface area contributed by atoms with Crippen molar-refractivity contribution in [3.8, 4) is 5.88 Å². The number of nitrogens with one attached hydrogen (secondary N) is 2. The fourth-order valence-electron chi connectivity index (χ4n) is 2.34. The van der Waals surface area contributed by atoms with Gasteiger partial charge >= 0.3 is 5.97 Å². The first-order chi connectivity index (χ1) is 14.7. The zero-order valence-corrected chi connectivity index (χ0v) is 18.5. The van der Waals surface area contributed by atoms with E-state index in [-0.39, 0.29) is 32.1 Å². The predicted octanol–water partition coefficient (Wildman–Crippen LogP) is 1.93. The van der Waals surface area contributed by atoms with Gasteiger partial charge in [0.15, 0.2) is 5.82 Å². The zero-order valence-electron chi connectivity index (χ0n) is 16.1. The number of esters is 1. The number of carbonyl (C=O) groups excluding carboxylic acids is 1. The molecule has 2 aromatic heterocycles. The van der Waals surface area contributed by atoms with E-state index in [1.165, 1.54) is 55.0 Å². The second kappa shape index (κ2) is 8.87. The molecule has 2 N–H and O–H groups in total. The van der Waals surface area contributed by atoms with E-state index in [2.05, 4.69) is 24.4 Å². The number of hydrogen-bond donors (Lipinski definition) is 2. The lowest BCUT2D eigenvalue weighted by Gasteiger charge is -2.10. The van der Waals surface area contributed by atoms with E-state index in [9.17, 15) is 21.6 Å². The average molecular weight is 485 g/mol. The highest BCUT2D eigenvalue weighted by Crippen LogP contribution is 2.26. The van der Waals surface area contributed by atoms with E-state index in [1.54, 1.807) is 0 Å². The molecule has 0 amide bonds. The van der Waals surface area contributed by atoms with Gasteiger partial charge in [-0.2, -0.15) is 0 Å². The van der Waals surface area contributed by atoms with Crippen molar-refractivity contribution in [3.05, 3.63) is 52.7 Å². The van der Waals surface area contributed by atoms with Crippen LogP contribution in [0, 0.1) is 0 Å². The van der Waals surface area contributed by atoms with Gasteiger partial charge in [-0.05, 0) is 41.8 Å². The van der Waals surface area contributed by atoms with Gasteiger partial charge in [-0.3, -0.25) is 9.44 Å². The molecule has 14 heteroatoms. The third-order valence-corrected chi connectivity index (χ3v) is 7.61. The molecule has 3 aromatic rings. The fourth-order valence-corrected chi connectivity index (χ4v) is 5.73. The van der Waals surface area contributed by atoms with Crippen molar-refractivity contribution in [2.75, 3.05) is 23.7 Å². The number of sulfonamides is 2. The summed E-state index contributed by atoms with van der Waals surface area (Å²) in [5.74, 6) is -0.566. The maximum absolute atomic E-state index is 12.6. The van der Waals surface area contributed by atoms with Crippen LogP contribution >= 0.6 is 11.3 Å². The summed E-state index contributed by atoms with van der Waals surface area (Å²) in [5.41, 5.74) is 0.102. The number of rotatable bonds is 8. The van der Waals surface area contributed by atoms with E-state index in [1.807, 2.05) is 0 Å². The first-order valence-electron chi connectivity index (χ1n) is 8.35. The average Bonchev–Trinajstić information content (AvgIpc) is 3.25. The molecule has 0 spiro atoms. The highest BCUT2D eigenvalue weighted by atomic mass is 32.2. The molecule has 1 aromatic carbocycles. The Morgan fingerprint density at radius 3 is 2.19 bits per heavy atom. The van der Waals surface area contributed by atoms with Gasteiger partial charge in [-0.15, -0.1) is 21.5 Å². The monoisotopic (exact) mass is 484 g/mol. The van der Waals surface area contributed by atoms with Crippen LogP contribution in [0.25, 0.3) is 0 Å². The highest BCUT2D eigenvalue weighted by molar-refractivity contribution is 7.93. The number of hydrogen-bond acceptors (Lipinski definition) is 10. The third kappa shape index (κ3) is 5.10. The molecule has 31 heavy (non-hydrogen) atoms. The van der Waals surface area contributed by atoms with E-state index >= 15 is 0 Å². The Labute approximate surface area is 182 Å². The van der Waals surface area contributed by atoms with Gasteiger partial charge in [-0.1, -0.05) is 0 Å². The van der Waals surface area contributed by atoms with Crippen LogP contribution < -0.4 is 14.2 Å². The Morgan fingerprint density at radius 2 is 1.61 bits per heavy atom. The SMILES string of the molecule is COC(=O)c1sccc1S(=O)(=O)Nc1ccc(S(=O)(=O)Nc2ccc(OC)nn2)cc1. The Bertz CT molecular complexity index is 1290. The fraction of sp³-hybridized carbons (Fsp3) is 0.118. The summed E-state index contributed by atoms with van der Waals surface area (Å²) < 4.78 is 64.2. The quantitative estimate of drug-likeness (QED) is 0.456. The lowest BCUT2D eigenvalue weighted by molar-refractivity contribution is 0.0602. The smallest absolute Gasteiger partial charge is 0.349 e. The van der Waals surface area contributed by atoms with Gasteiger partial charge in [0.05, 0.1) is 19.1 Å². The van der Waals surface area contributed by atoms with Crippen LogP contribution in [0.5, 0.6) is 5.88 Å². The number of methoxy groups -OCH3 is 2.